The maximum absolute atomic E-state index is 12.1. The van der Waals surface area contributed by atoms with Crippen LogP contribution >= 0.6 is 19.9 Å². The predicted molar refractivity (Wildman–Crippen MR) is 180 cm³/mol. The maximum Gasteiger partial charge on any atom is 0.407 e. The average molecular weight is 654 g/mol. The molecule has 1 amide bonds. The van der Waals surface area contributed by atoms with Crippen LogP contribution in [0, 0.1) is 6.92 Å². The van der Waals surface area contributed by atoms with E-state index in [0.29, 0.717) is 12.3 Å². The van der Waals surface area contributed by atoms with Gasteiger partial charge in [-0.05, 0) is 25.5 Å². The molecule has 2 rings (SSSR count). The number of methoxy groups -OCH3 is 1. The number of carbonyl (C=O) groups excluding carboxylic acids is 1. The molecule has 0 radical (unpaired) electrons. The molecule has 2 aromatic rings. The van der Waals surface area contributed by atoms with E-state index < -0.39 is 20.8 Å². The minimum Gasteiger partial charge on any atom is -0.447 e. The molecule has 1 aromatic heterocycles. The number of benzene rings is 1. The second-order valence-corrected chi connectivity index (χ2v) is 13.6. The smallest absolute Gasteiger partial charge is 0.407 e. The van der Waals surface area contributed by atoms with Crippen molar-refractivity contribution in [3.63, 3.8) is 0 Å². The molecule has 2 N–H and O–H groups in total. The highest BCUT2D eigenvalue weighted by molar-refractivity contribution is 7.41. The van der Waals surface area contributed by atoms with Crippen LogP contribution in [-0.2, 0) is 20.5 Å². The van der Waals surface area contributed by atoms with E-state index in [1.165, 1.54) is 102 Å². The second-order valence-electron chi connectivity index (χ2n) is 11.6. The van der Waals surface area contributed by atoms with Crippen molar-refractivity contribution >= 4 is 26.0 Å². The molecule has 2 unspecified atom stereocenters. The molecule has 1 aromatic carbocycles. The summed E-state index contributed by atoms with van der Waals surface area (Å²) in [5, 5.41) is 2.80. The summed E-state index contributed by atoms with van der Waals surface area (Å²) in [7, 11) is -0.643. The molecule has 44 heavy (non-hydrogen) atoms. The molecule has 0 aliphatic rings. The van der Waals surface area contributed by atoms with Gasteiger partial charge in [-0.25, -0.2) is 4.79 Å². The minimum atomic E-state index is -2.16. The fourth-order valence-electron chi connectivity index (χ4n) is 4.97. The lowest BCUT2D eigenvalue weighted by molar-refractivity contribution is -0.683. The van der Waals surface area contributed by atoms with Gasteiger partial charge in [0.05, 0.1) is 11.5 Å². The van der Waals surface area contributed by atoms with Crippen molar-refractivity contribution < 1.29 is 32.8 Å². The Morgan fingerprint density at radius 2 is 1.55 bits per heavy atom. The number of rotatable bonds is 27. The van der Waals surface area contributed by atoms with E-state index in [2.05, 4.69) is 35.4 Å². The highest BCUT2D eigenvalue weighted by atomic mass is 32.1. The molecule has 0 fully saturated rings. The van der Waals surface area contributed by atoms with Crippen molar-refractivity contribution in [2.75, 3.05) is 26.9 Å². The van der Waals surface area contributed by atoms with Crippen LogP contribution < -0.4 is 14.4 Å². The van der Waals surface area contributed by atoms with Gasteiger partial charge in [-0.1, -0.05) is 127 Å². The third-order valence-corrected chi connectivity index (χ3v) is 9.16. The summed E-state index contributed by atoms with van der Waals surface area (Å²) >= 11 is 1.70. The molecule has 1 heterocycles. The SMILES string of the molecule is CCCCCCCCCCCCCCCCCCNC(=O)OCC(COP(O)Oc1cccc(C[n+]2csc(C)c2)c1)OC. The van der Waals surface area contributed by atoms with E-state index in [4.69, 9.17) is 18.5 Å². The number of hydrogen-bond donors (Lipinski definition) is 2. The Morgan fingerprint density at radius 3 is 2.11 bits per heavy atom. The van der Waals surface area contributed by atoms with E-state index in [1.807, 2.05) is 18.2 Å². The standard InChI is InChI=1S/C34H57N2O6PS/c1-4-5-6-7-8-9-10-11-12-13-14-15-16-17-18-19-23-35-34(37)40-27-33(39-3)28-41-43(38)42-32-22-20-21-31(24-32)26-36-25-30(2)44-29-36/h20-22,24-25,29,33,38H,4-19,23,26-28H2,1-3H3/p+1. The van der Waals surface area contributed by atoms with Crippen molar-refractivity contribution in [1.29, 1.82) is 0 Å². The first-order valence-corrected chi connectivity index (χ1v) is 18.8. The van der Waals surface area contributed by atoms with Crippen LogP contribution in [-0.4, -0.2) is 44.0 Å². The lowest BCUT2D eigenvalue weighted by atomic mass is 10.0. The third-order valence-electron chi connectivity index (χ3n) is 7.57. The molecular formula is C34H58N2O6PS+. The number of aryl methyl sites for hydroxylation is 1. The lowest BCUT2D eigenvalue weighted by Crippen LogP contribution is -2.31. The Kier molecular flexibility index (Phi) is 22.2. The number of nitrogens with zero attached hydrogens (tertiary/aromatic N) is 1. The number of thiazole rings is 1. The molecule has 8 nitrogen and oxygen atoms in total. The third kappa shape index (κ3) is 19.6. The zero-order valence-electron chi connectivity index (χ0n) is 27.5. The largest absolute Gasteiger partial charge is 0.447 e. The van der Waals surface area contributed by atoms with Crippen molar-refractivity contribution in [2.24, 2.45) is 0 Å². The van der Waals surface area contributed by atoms with Crippen LogP contribution in [0.1, 0.15) is 120 Å². The summed E-state index contributed by atoms with van der Waals surface area (Å²) in [6.45, 7) is 5.73. The van der Waals surface area contributed by atoms with Gasteiger partial charge in [0.15, 0.2) is 12.7 Å². The minimum absolute atomic E-state index is 0.0250. The average Bonchev–Trinajstić information content (AvgIpc) is 3.43. The van der Waals surface area contributed by atoms with Crippen LogP contribution in [0.4, 0.5) is 4.79 Å². The topological polar surface area (TPSA) is 90.1 Å². The monoisotopic (exact) mass is 653 g/mol. The number of hydrogen-bond acceptors (Lipinski definition) is 7. The van der Waals surface area contributed by atoms with Gasteiger partial charge in [0.1, 0.15) is 18.5 Å². The van der Waals surface area contributed by atoms with Gasteiger partial charge in [0, 0.05) is 19.2 Å². The van der Waals surface area contributed by atoms with Gasteiger partial charge in [-0.2, -0.15) is 4.57 Å². The van der Waals surface area contributed by atoms with Crippen molar-refractivity contribution in [1.82, 2.24) is 5.32 Å². The number of aromatic nitrogens is 1. The Morgan fingerprint density at radius 1 is 0.932 bits per heavy atom. The van der Waals surface area contributed by atoms with E-state index in [1.54, 1.807) is 17.4 Å². The van der Waals surface area contributed by atoms with Gasteiger partial charge in [-0.3, -0.25) is 4.52 Å². The van der Waals surface area contributed by atoms with Crippen LogP contribution in [0.15, 0.2) is 36.0 Å². The summed E-state index contributed by atoms with van der Waals surface area (Å²) in [5.41, 5.74) is 3.13. The zero-order valence-corrected chi connectivity index (χ0v) is 29.2. The quantitative estimate of drug-likeness (QED) is 0.0568. The van der Waals surface area contributed by atoms with Crippen LogP contribution in [0.25, 0.3) is 0 Å². The second kappa shape index (κ2) is 25.4. The highest BCUT2D eigenvalue weighted by Crippen LogP contribution is 2.35. The molecule has 2 atom stereocenters. The first-order chi connectivity index (χ1) is 21.5. The Bertz CT molecular complexity index is 994. The Labute approximate surface area is 271 Å². The van der Waals surface area contributed by atoms with Gasteiger partial charge < -0.3 is 24.2 Å². The summed E-state index contributed by atoms with van der Waals surface area (Å²) < 4.78 is 23.8. The summed E-state index contributed by atoms with van der Waals surface area (Å²) in [4.78, 5) is 23.6. The van der Waals surface area contributed by atoms with E-state index in [9.17, 15) is 9.69 Å². The summed E-state index contributed by atoms with van der Waals surface area (Å²) in [6.07, 6.45) is 22.3. The molecule has 0 saturated heterocycles. The van der Waals surface area contributed by atoms with Crippen molar-refractivity contribution in [2.45, 2.75) is 129 Å². The van der Waals surface area contributed by atoms with Gasteiger partial charge in [0.25, 0.3) is 0 Å². The first-order valence-electron chi connectivity index (χ1n) is 16.8. The van der Waals surface area contributed by atoms with E-state index in [0.717, 1.165) is 24.9 Å². The fourth-order valence-corrected chi connectivity index (χ4v) is 6.24. The van der Waals surface area contributed by atoms with Gasteiger partial charge >= 0.3 is 14.7 Å². The normalized spacial score (nSPS) is 12.6. The molecule has 0 spiro atoms. The summed E-state index contributed by atoms with van der Waals surface area (Å²) in [6, 6.07) is 7.56. The maximum atomic E-state index is 12.1. The number of amides is 1. The lowest BCUT2D eigenvalue weighted by Gasteiger charge is -2.18. The molecule has 0 aliphatic carbocycles. The molecule has 250 valence electrons. The number of ether oxygens (including phenoxy) is 2. The van der Waals surface area contributed by atoms with Crippen molar-refractivity contribution in [3.8, 4) is 5.75 Å². The van der Waals surface area contributed by atoms with Crippen LogP contribution in [0.2, 0.25) is 0 Å². The fraction of sp³-hybridized carbons (Fsp3) is 0.706. The van der Waals surface area contributed by atoms with E-state index in [-0.39, 0.29) is 13.2 Å². The molecule has 0 saturated carbocycles. The molecule has 10 heteroatoms. The van der Waals surface area contributed by atoms with Crippen molar-refractivity contribution in [3.05, 3.63) is 46.4 Å². The van der Waals surface area contributed by atoms with Gasteiger partial charge in [-0.15, -0.1) is 0 Å². The molecule has 0 aliphatic heterocycles. The van der Waals surface area contributed by atoms with Crippen LogP contribution in [0.5, 0.6) is 5.75 Å². The molecule has 0 bridgehead atoms. The Balaban J connectivity index is 1.43. The number of carbonyl (C=O) groups is 1. The predicted octanol–water partition coefficient (Wildman–Crippen LogP) is 9.01. The number of nitrogens with one attached hydrogen (secondary N) is 1. The number of alkyl carbamates (subject to hydrolysis) is 1. The highest BCUT2D eigenvalue weighted by Gasteiger charge is 2.17. The van der Waals surface area contributed by atoms with Crippen LogP contribution in [0.3, 0.4) is 0 Å². The zero-order chi connectivity index (χ0) is 31.7. The van der Waals surface area contributed by atoms with E-state index >= 15 is 0 Å². The summed E-state index contributed by atoms with van der Waals surface area (Å²) in [5.74, 6) is 0.530. The molecular weight excluding hydrogens is 595 g/mol. The first kappa shape index (κ1) is 38.4. The number of unbranched alkanes of at least 4 members (excludes halogenated alkanes) is 15. The Hall–Kier alpha value is -1.77. The van der Waals surface area contributed by atoms with Gasteiger partial charge in [0.2, 0.25) is 5.51 Å².